The zero-order valence-electron chi connectivity index (χ0n) is 19.5. The van der Waals surface area contributed by atoms with Crippen LogP contribution in [0.2, 0.25) is 0 Å². The van der Waals surface area contributed by atoms with Gasteiger partial charge in [-0.15, -0.1) is 0 Å². The van der Waals surface area contributed by atoms with Crippen LogP contribution in [-0.2, 0) is 9.47 Å². The highest BCUT2D eigenvalue weighted by molar-refractivity contribution is 6.31. The summed E-state index contributed by atoms with van der Waals surface area (Å²) in [6, 6.07) is -0.140. The maximum absolute atomic E-state index is 12.8. The van der Waals surface area contributed by atoms with Gasteiger partial charge in [0.05, 0.1) is 12.3 Å². The summed E-state index contributed by atoms with van der Waals surface area (Å²) in [5, 5.41) is 4.23. The van der Waals surface area contributed by atoms with Crippen LogP contribution in [0.3, 0.4) is 0 Å². The third-order valence-electron chi connectivity index (χ3n) is 6.95. The summed E-state index contributed by atoms with van der Waals surface area (Å²) in [6.45, 7) is 6.37. The molecule has 0 saturated carbocycles. The molecule has 0 aromatic heterocycles. The number of ether oxygens (including phenoxy) is 2. The topological polar surface area (TPSA) is 63.2 Å². The van der Waals surface area contributed by atoms with Crippen LogP contribution in [0.5, 0.6) is 0 Å². The van der Waals surface area contributed by atoms with Gasteiger partial charge in [0, 0.05) is 40.3 Å². The molecule has 1 N–H and O–H groups in total. The molecule has 1 saturated heterocycles. The first-order valence-electron chi connectivity index (χ1n) is 11.9. The highest BCUT2D eigenvalue weighted by Gasteiger charge is 2.42. The minimum atomic E-state index is -0.522. The van der Waals surface area contributed by atoms with Crippen molar-refractivity contribution < 1.29 is 14.3 Å². The smallest absolute Gasteiger partial charge is 0.410 e. The fourth-order valence-electron chi connectivity index (χ4n) is 5.44. The van der Waals surface area contributed by atoms with Crippen molar-refractivity contribution in [2.45, 2.75) is 51.3 Å². The van der Waals surface area contributed by atoms with Crippen LogP contribution in [0.1, 0.15) is 33.6 Å². The van der Waals surface area contributed by atoms with E-state index in [0.29, 0.717) is 11.6 Å². The van der Waals surface area contributed by atoms with E-state index in [9.17, 15) is 4.79 Å². The molecule has 0 aromatic rings. The summed E-state index contributed by atoms with van der Waals surface area (Å²) in [4.78, 5) is 19.7. The maximum atomic E-state index is 12.8. The van der Waals surface area contributed by atoms with Gasteiger partial charge in [-0.1, -0.05) is 29.8 Å². The molecule has 0 radical (unpaired) electrons. The van der Waals surface area contributed by atoms with Gasteiger partial charge in [0.15, 0.2) is 0 Å². The van der Waals surface area contributed by atoms with Gasteiger partial charge in [0.25, 0.3) is 0 Å². The summed E-state index contributed by atoms with van der Waals surface area (Å²) in [6.07, 6.45) is 18.1. The van der Waals surface area contributed by atoms with Gasteiger partial charge in [0.2, 0.25) is 0 Å². The van der Waals surface area contributed by atoms with Crippen LogP contribution in [0, 0.1) is 11.8 Å². The first kappa shape index (κ1) is 21.5. The molecule has 7 heteroatoms. The quantitative estimate of drug-likeness (QED) is 0.560. The minimum Gasteiger partial charge on any atom is -0.465 e. The fraction of sp³-hybridized carbons (Fsp3) is 0.407. The number of halogens is 1. The molecular formula is C27H28ClN3O3. The van der Waals surface area contributed by atoms with E-state index in [0.717, 1.165) is 41.3 Å². The summed E-state index contributed by atoms with van der Waals surface area (Å²) < 4.78 is 11.7. The second-order valence-corrected chi connectivity index (χ2v) is 10.9. The summed E-state index contributed by atoms with van der Waals surface area (Å²) in [7, 11) is 0. The Morgan fingerprint density at radius 3 is 2.94 bits per heavy atom. The average molecular weight is 478 g/mol. The number of rotatable bonds is 1. The maximum Gasteiger partial charge on any atom is 0.410 e. The highest BCUT2D eigenvalue weighted by atomic mass is 35.5. The van der Waals surface area contributed by atoms with Gasteiger partial charge in [0.1, 0.15) is 23.2 Å². The van der Waals surface area contributed by atoms with Crippen LogP contribution in [0.15, 0.2) is 87.0 Å². The molecule has 6 nitrogen and oxygen atoms in total. The molecule has 6 rings (SSSR count). The van der Waals surface area contributed by atoms with Crippen molar-refractivity contribution in [3.63, 3.8) is 0 Å². The Bertz CT molecular complexity index is 1210. The molecule has 3 aliphatic heterocycles. The highest BCUT2D eigenvalue weighted by Crippen LogP contribution is 2.45. The third kappa shape index (κ3) is 3.65. The fourth-order valence-corrected chi connectivity index (χ4v) is 5.64. The van der Waals surface area contributed by atoms with Crippen molar-refractivity contribution in [2.75, 3.05) is 6.54 Å². The third-order valence-corrected chi connectivity index (χ3v) is 7.19. The molecule has 1 amide bonds. The van der Waals surface area contributed by atoms with E-state index >= 15 is 0 Å². The van der Waals surface area contributed by atoms with Crippen LogP contribution in [-0.4, -0.2) is 41.1 Å². The Morgan fingerprint density at radius 2 is 2.12 bits per heavy atom. The molecule has 6 aliphatic rings. The lowest BCUT2D eigenvalue weighted by Gasteiger charge is -2.34. The molecule has 4 atom stereocenters. The van der Waals surface area contributed by atoms with Gasteiger partial charge in [-0.2, -0.15) is 0 Å². The van der Waals surface area contributed by atoms with Gasteiger partial charge in [-0.05, 0) is 63.5 Å². The first-order valence-corrected chi connectivity index (χ1v) is 12.3. The van der Waals surface area contributed by atoms with Crippen molar-refractivity contribution in [1.29, 1.82) is 0 Å². The van der Waals surface area contributed by atoms with Crippen LogP contribution in [0.25, 0.3) is 0 Å². The average Bonchev–Trinajstić information content (AvgIpc) is 3.43. The van der Waals surface area contributed by atoms with Crippen molar-refractivity contribution in [2.24, 2.45) is 16.8 Å². The number of hydrogen-bond donors (Lipinski definition) is 1. The van der Waals surface area contributed by atoms with Crippen molar-refractivity contribution >= 4 is 23.5 Å². The van der Waals surface area contributed by atoms with Gasteiger partial charge in [-0.3, -0.25) is 9.89 Å². The molecule has 0 bridgehead atoms. The van der Waals surface area contributed by atoms with Gasteiger partial charge in [-0.25, -0.2) is 4.79 Å². The lowest BCUT2D eigenvalue weighted by Crippen LogP contribution is -2.46. The summed E-state index contributed by atoms with van der Waals surface area (Å²) >= 11 is 6.18. The number of carbonyl (C=O) groups excluding carboxylic acids is 1. The number of fused-ring (bicyclic) bond motifs is 6. The van der Waals surface area contributed by atoms with E-state index in [1.165, 1.54) is 5.57 Å². The number of aliphatic imine (C=N–C) groups is 1. The molecule has 176 valence electrons. The molecule has 1 fully saturated rings. The van der Waals surface area contributed by atoms with Crippen LogP contribution < -0.4 is 5.32 Å². The second-order valence-electron chi connectivity index (χ2n) is 10.5. The number of amidine groups is 1. The SMILES string of the molecule is CC(C)(C)OC(=O)N1CCCC1C1=NC2C(=CC=C3C=C4C(=CC32)OC=C2C=C(Cl)C=CC24)N1. The number of carbonyl (C=O) groups is 1. The minimum absolute atomic E-state index is 0.0494. The molecule has 3 heterocycles. The standard InChI is InChI=1S/C27H28ClN3O3/c1-27(2,3)34-26(32)31-10-4-5-22(31)25-29-21-9-6-15-12-20-18-8-7-17(28)11-16(18)14-33-23(20)13-19(15)24(21)30-25/h6-9,11-14,18-19,22,24H,4-5,10H2,1-3H3,(H,29,30). The molecule has 3 aliphatic carbocycles. The number of allylic oxidation sites excluding steroid dienone is 9. The normalized spacial score (nSPS) is 31.1. The number of likely N-dealkylation sites (tertiary alicyclic amines) is 1. The molecule has 0 spiro atoms. The van der Waals surface area contributed by atoms with Gasteiger partial charge >= 0.3 is 6.09 Å². The van der Waals surface area contributed by atoms with Crippen molar-refractivity contribution in [1.82, 2.24) is 10.2 Å². The van der Waals surface area contributed by atoms with E-state index < -0.39 is 5.60 Å². The predicted octanol–water partition coefficient (Wildman–Crippen LogP) is 5.24. The Kier molecular flexibility index (Phi) is 4.92. The first-order chi connectivity index (χ1) is 16.3. The zero-order chi connectivity index (χ0) is 23.6. The Hall–Kier alpha value is -2.99. The molecule has 0 aromatic carbocycles. The van der Waals surface area contributed by atoms with Crippen LogP contribution in [0.4, 0.5) is 4.79 Å². The zero-order valence-corrected chi connectivity index (χ0v) is 20.3. The number of nitrogens with zero attached hydrogens (tertiary/aromatic N) is 2. The monoisotopic (exact) mass is 477 g/mol. The van der Waals surface area contributed by atoms with E-state index in [1.54, 1.807) is 6.26 Å². The lowest BCUT2D eigenvalue weighted by atomic mass is 9.76. The number of hydrogen-bond acceptors (Lipinski definition) is 5. The summed E-state index contributed by atoms with van der Waals surface area (Å²) in [5.41, 5.74) is 3.97. The second kappa shape index (κ2) is 7.77. The number of amides is 1. The Balaban J connectivity index is 1.26. The van der Waals surface area contributed by atoms with E-state index in [2.05, 4.69) is 35.7 Å². The van der Waals surface area contributed by atoms with E-state index in [1.807, 2.05) is 37.8 Å². The molecule has 4 unspecified atom stereocenters. The molecular weight excluding hydrogens is 450 g/mol. The Labute approximate surface area is 204 Å². The van der Waals surface area contributed by atoms with Crippen LogP contribution >= 0.6 is 11.6 Å². The van der Waals surface area contributed by atoms with Gasteiger partial charge < -0.3 is 14.8 Å². The van der Waals surface area contributed by atoms with E-state index in [4.69, 9.17) is 26.1 Å². The van der Waals surface area contributed by atoms with E-state index in [-0.39, 0.29) is 30.0 Å². The summed E-state index contributed by atoms with van der Waals surface area (Å²) in [5.74, 6) is 1.97. The predicted molar refractivity (Wildman–Crippen MR) is 132 cm³/mol. The Morgan fingerprint density at radius 1 is 1.26 bits per heavy atom. The molecule has 34 heavy (non-hydrogen) atoms. The van der Waals surface area contributed by atoms with Crippen molar-refractivity contribution in [3.8, 4) is 0 Å². The number of nitrogens with one attached hydrogen (secondary N) is 1. The lowest BCUT2D eigenvalue weighted by molar-refractivity contribution is 0.0264. The van der Waals surface area contributed by atoms with Crippen molar-refractivity contribution in [3.05, 3.63) is 82.0 Å². The largest absolute Gasteiger partial charge is 0.465 e.